The standard InChI is InChI=1S/C11H19N.C2H6/c1-9-4-5-11(6-9)7-12(8-11)10-2-3-10;1-2/h9-10H,2-8H2,1H3;1-2H3. The maximum atomic E-state index is 2.72. The van der Waals surface area contributed by atoms with E-state index in [1.807, 2.05) is 13.8 Å². The van der Waals surface area contributed by atoms with Gasteiger partial charge in [-0.05, 0) is 37.0 Å². The van der Waals surface area contributed by atoms with Gasteiger partial charge in [0.15, 0.2) is 0 Å². The lowest BCUT2D eigenvalue weighted by Gasteiger charge is -2.49. The number of likely N-dealkylation sites (tertiary alicyclic amines) is 1. The van der Waals surface area contributed by atoms with E-state index in [9.17, 15) is 0 Å². The van der Waals surface area contributed by atoms with Crippen LogP contribution in [0.2, 0.25) is 0 Å². The minimum absolute atomic E-state index is 0.808. The minimum Gasteiger partial charge on any atom is -0.299 e. The molecule has 0 amide bonds. The van der Waals surface area contributed by atoms with Gasteiger partial charge in [0.2, 0.25) is 0 Å². The molecule has 0 aromatic carbocycles. The number of rotatable bonds is 1. The third kappa shape index (κ3) is 1.84. The molecule has 1 heterocycles. The largest absolute Gasteiger partial charge is 0.299 e. The molecule has 3 rings (SSSR count). The molecule has 3 fully saturated rings. The van der Waals surface area contributed by atoms with Gasteiger partial charge in [0.05, 0.1) is 0 Å². The van der Waals surface area contributed by atoms with Crippen molar-refractivity contribution in [3.63, 3.8) is 0 Å². The summed E-state index contributed by atoms with van der Waals surface area (Å²) in [6.07, 6.45) is 7.53. The molecular formula is C13H25N. The molecule has 1 aliphatic heterocycles. The average molecular weight is 195 g/mol. The van der Waals surface area contributed by atoms with Gasteiger partial charge in [-0.1, -0.05) is 27.2 Å². The third-order valence-electron chi connectivity index (χ3n) is 4.09. The summed E-state index contributed by atoms with van der Waals surface area (Å²) in [6, 6.07) is 1.02. The zero-order valence-electron chi connectivity index (χ0n) is 10.1. The van der Waals surface area contributed by atoms with Crippen LogP contribution in [0.1, 0.15) is 52.9 Å². The van der Waals surface area contributed by atoms with E-state index in [0.29, 0.717) is 0 Å². The zero-order valence-corrected chi connectivity index (χ0v) is 10.1. The minimum atomic E-state index is 0.808. The monoisotopic (exact) mass is 195 g/mol. The molecular weight excluding hydrogens is 170 g/mol. The van der Waals surface area contributed by atoms with Crippen LogP contribution in [0.15, 0.2) is 0 Å². The van der Waals surface area contributed by atoms with Crippen LogP contribution in [0.25, 0.3) is 0 Å². The smallest absolute Gasteiger partial charge is 0.00969 e. The molecule has 1 saturated heterocycles. The van der Waals surface area contributed by atoms with Crippen molar-refractivity contribution in [3.05, 3.63) is 0 Å². The predicted molar refractivity (Wildman–Crippen MR) is 61.4 cm³/mol. The molecule has 0 N–H and O–H groups in total. The molecule has 1 spiro atoms. The number of nitrogens with zero attached hydrogens (tertiary/aromatic N) is 1. The van der Waals surface area contributed by atoms with E-state index in [2.05, 4.69) is 11.8 Å². The van der Waals surface area contributed by atoms with Gasteiger partial charge in [-0.15, -0.1) is 0 Å². The predicted octanol–water partition coefficient (Wildman–Crippen LogP) is 3.30. The molecule has 82 valence electrons. The second kappa shape index (κ2) is 3.84. The Morgan fingerprint density at radius 2 is 1.71 bits per heavy atom. The quantitative estimate of drug-likeness (QED) is 0.620. The Hall–Kier alpha value is -0.0400. The fourth-order valence-corrected chi connectivity index (χ4v) is 3.30. The Bertz CT molecular complexity index is 189. The highest BCUT2D eigenvalue weighted by atomic mass is 15.3. The maximum Gasteiger partial charge on any atom is 0.00969 e. The van der Waals surface area contributed by atoms with Gasteiger partial charge in [-0.3, -0.25) is 4.90 Å². The van der Waals surface area contributed by atoms with E-state index in [1.165, 1.54) is 45.2 Å². The first-order valence-electron chi connectivity index (χ1n) is 6.52. The summed E-state index contributed by atoms with van der Waals surface area (Å²) in [6.45, 7) is 9.32. The molecule has 0 radical (unpaired) electrons. The summed E-state index contributed by atoms with van der Waals surface area (Å²) in [5, 5.41) is 0. The topological polar surface area (TPSA) is 3.24 Å². The fraction of sp³-hybridized carbons (Fsp3) is 1.00. The Morgan fingerprint density at radius 3 is 2.14 bits per heavy atom. The molecule has 14 heavy (non-hydrogen) atoms. The molecule has 2 aliphatic carbocycles. The summed E-state index contributed by atoms with van der Waals surface area (Å²) in [4.78, 5) is 2.72. The summed E-state index contributed by atoms with van der Waals surface area (Å²) in [7, 11) is 0. The van der Waals surface area contributed by atoms with E-state index < -0.39 is 0 Å². The second-order valence-electron chi connectivity index (χ2n) is 5.48. The lowest BCUT2D eigenvalue weighted by Crippen LogP contribution is -2.55. The Kier molecular flexibility index (Phi) is 2.88. The van der Waals surface area contributed by atoms with E-state index in [4.69, 9.17) is 0 Å². The summed E-state index contributed by atoms with van der Waals surface area (Å²) in [5.41, 5.74) is 0.808. The van der Waals surface area contributed by atoms with Gasteiger partial charge < -0.3 is 0 Å². The van der Waals surface area contributed by atoms with Crippen molar-refractivity contribution >= 4 is 0 Å². The van der Waals surface area contributed by atoms with Crippen molar-refractivity contribution in [2.24, 2.45) is 11.3 Å². The summed E-state index contributed by atoms with van der Waals surface area (Å²) in [5.74, 6) is 1.02. The van der Waals surface area contributed by atoms with E-state index in [0.717, 1.165) is 17.4 Å². The first-order chi connectivity index (χ1) is 6.77. The first-order valence-corrected chi connectivity index (χ1v) is 6.52. The summed E-state index contributed by atoms with van der Waals surface area (Å²) < 4.78 is 0. The first kappa shape index (κ1) is 10.5. The molecule has 0 aromatic rings. The van der Waals surface area contributed by atoms with Gasteiger partial charge in [0, 0.05) is 19.1 Å². The lowest BCUT2D eigenvalue weighted by atomic mass is 9.77. The van der Waals surface area contributed by atoms with Crippen molar-refractivity contribution in [2.75, 3.05) is 13.1 Å². The Labute approximate surface area is 88.9 Å². The molecule has 1 atom stereocenters. The highest BCUT2D eigenvalue weighted by molar-refractivity contribution is 5.04. The molecule has 3 aliphatic rings. The molecule has 1 unspecified atom stereocenters. The highest BCUT2D eigenvalue weighted by Crippen LogP contribution is 2.50. The molecule has 2 saturated carbocycles. The van der Waals surface area contributed by atoms with Gasteiger partial charge in [-0.25, -0.2) is 0 Å². The van der Waals surface area contributed by atoms with Crippen molar-refractivity contribution in [2.45, 2.75) is 58.9 Å². The summed E-state index contributed by atoms with van der Waals surface area (Å²) >= 11 is 0. The van der Waals surface area contributed by atoms with Gasteiger partial charge in [0.1, 0.15) is 0 Å². The van der Waals surface area contributed by atoms with Crippen LogP contribution in [-0.4, -0.2) is 24.0 Å². The normalized spacial score (nSPS) is 34.9. The van der Waals surface area contributed by atoms with E-state index >= 15 is 0 Å². The van der Waals surface area contributed by atoms with Crippen molar-refractivity contribution in [1.29, 1.82) is 0 Å². The van der Waals surface area contributed by atoms with Crippen LogP contribution in [0.5, 0.6) is 0 Å². The van der Waals surface area contributed by atoms with Gasteiger partial charge >= 0.3 is 0 Å². The zero-order chi connectivity index (χ0) is 10.2. The van der Waals surface area contributed by atoms with Crippen LogP contribution >= 0.6 is 0 Å². The Morgan fingerprint density at radius 1 is 1.07 bits per heavy atom. The van der Waals surface area contributed by atoms with E-state index in [-0.39, 0.29) is 0 Å². The van der Waals surface area contributed by atoms with Crippen molar-refractivity contribution < 1.29 is 0 Å². The highest BCUT2D eigenvalue weighted by Gasteiger charge is 2.50. The number of hydrogen-bond acceptors (Lipinski definition) is 1. The SMILES string of the molecule is CC.CC1CCC2(C1)CN(C1CC1)C2. The third-order valence-corrected chi connectivity index (χ3v) is 4.09. The lowest BCUT2D eigenvalue weighted by molar-refractivity contribution is -0.00309. The maximum absolute atomic E-state index is 2.72. The van der Waals surface area contributed by atoms with Crippen LogP contribution in [0.4, 0.5) is 0 Å². The number of hydrogen-bond donors (Lipinski definition) is 0. The average Bonchev–Trinajstić information content (AvgIpc) is 2.90. The molecule has 1 nitrogen and oxygen atoms in total. The fourth-order valence-electron chi connectivity index (χ4n) is 3.30. The van der Waals surface area contributed by atoms with E-state index in [1.54, 1.807) is 0 Å². The second-order valence-corrected chi connectivity index (χ2v) is 5.48. The Balaban J connectivity index is 0.000000354. The van der Waals surface area contributed by atoms with Crippen LogP contribution < -0.4 is 0 Å². The van der Waals surface area contributed by atoms with Crippen LogP contribution in [0, 0.1) is 11.3 Å². The van der Waals surface area contributed by atoms with Crippen molar-refractivity contribution in [3.8, 4) is 0 Å². The molecule has 1 heteroatoms. The van der Waals surface area contributed by atoms with Gasteiger partial charge in [-0.2, -0.15) is 0 Å². The van der Waals surface area contributed by atoms with Crippen LogP contribution in [-0.2, 0) is 0 Å². The van der Waals surface area contributed by atoms with Crippen LogP contribution in [0.3, 0.4) is 0 Å². The molecule has 0 bridgehead atoms. The van der Waals surface area contributed by atoms with Crippen molar-refractivity contribution in [1.82, 2.24) is 4.90 Å². The molecule has 0 aromatic heterocycles. The van der Waals surface area contributed by atoms with Gasteiger partial charge in [0.25, 0.3) is 0 Å².